The Kier molecular flexibility index (Phi) is 3.97. The van der Waals surface area contributed by atoms with Crippen LogP contribution >= 0.6 is 0 Å². The molecule has 90 valence electrons. The standard InChI is InChI=1S/C13H21NO2/c15-12-8-6-11(7-9-12)14-13(16)10-4-2-1-3-5-10/h10-11H,1-9H2,(H,14,16). The molecule has 0 atom stereocenters. The van der Waals surface area contributed by atoms with Gasteiger partial charge in [-0.05, 0) is 25.7 Å². The number of rotatable bonds is 2. The first kappa shape index (κ1) is 11.6. The summed E-state index contributed by atoms with van der Waals surface area (Å²) in [6.07, 6.45) is 8.76. The van der Waals surface area contributed by atoms with Gasteiger partial charge in [0.2, 0.25) is 5.91 Å². The Hall–Kier alpha value is -0.860. The number of nitrogens with one attached hydrogen (secondary N) is 1. The van der Waals surface area contributed by atoms with Gasteiger partial charge in [-0.2, -0.15) is 0 Å². The molecule has 0 heterocycles. The minimum Gasteiger partial charge on any atom is -0.353 e. The molecule has 0 aromatic rings. The van der Waals surface area contributed by atoms with Crippen molar-refractivity contribution in [2.45, 2.75) is 63.8 Å². The lowest BCUT2D eigenvalue weighted by molar-refractivity contribution is -0.128. The van der Waals surface area contributed by atoms with Crippen LogP contribution in [-0.2, 0) is 9.59 Å². The Morgan fingerprint density at radius 2 is 1.62 bits per heavy atom. The van der Waals surface area contributed by atoms with Crippen LogP contribution in [0.2, 0.25) is 0 Å². The van der Waals surface area contributed by atoms with E-state index in [1.54, 1.807) is 0 Å². The maximum atomic E-state index is 12.0. The molecule has 2 saturated carbocycles. The van der Waals surface area contributed by atoms with Gasteiger partial charge in [0.05, 0.1) is 0 Å². The quantitative estimate of drug-likeness (QED) is 0.780. The van der Waals surface area contributed by atoms with Crippen LogP contribution in [0.3, 0.4) is 0 Å². The average molecular weight is 223 g/mol. The van der Waals surface area contributed by atoms with Gasteiger partial charge in [-0.3, -0.25) is 9.59 Å². The zero-order valence-corrected chi connectivity index (χ0v) is 9.84. The molecule has 2 aliphatic carbocycles. The molecule has 16 heavy (non-hydrogen) atoms. The van der Waals surface area contributed by atoms with E-state index in [1.165, 1.54) is 19.3 Å². The van der Waals surface area contributed by atoms with E-state index in [0.717, 1.165) is 25.7 Å². The Morgan fingerprint density at radius 1 is 1.00 bits per heavy atom. The number of hydrogen-bond donors (Lipinski definition) is 1. The first-order valence-electron chi connectivity index (χ1n) is 6.58. The van der Waals surface area contributed by atoms with Crippen LogP contribution in [0.5, 0.6) is 0 Å². The summed E-state index contributed by atoms with van der Waals surface area (Å²) < 4.78 is 0. The molecule has 1 N–H and O–H groups in total. The van der Waals surface area contributed by atoms with Crippen LogP contribution in [0.1, 0.15) is 57.8 Å². The highest BCUT2D eigenvalue weighted by atomic mass is 16.2. The Balaban J connectivity index is 1.75. The second-order valence-corrected chi connectivity index (χ2v) is 5.16. The third-order valence-corrected chi connectivity index (χ3v) is 3.87. The van der Waals surface area contributed by atoms with Gasteiger partial charge in [-0.25, -0.2) is 0 Å². The molecule has 1 amide bonds. The summed E-state index contributed by atoms with van der Waals surface area (Å²) in [5.74, 6) is 0.827. The summed E-state index contributed by atoms with van der Waals surface area (Å²) in [7, 11) is 0. The van der Waals surface area contributed by atoms with Crippen molar-refractivity contribution in [3.8, 4) is 0 Å². The topological polar surface area (TPSA) is 46.2 Å². The molecule has 2 rings (SSSR count). The van der Waals surface area contributed by atoms with Gasteiger partial charge in [0.25, 0.3) is 0 Å². The highest BCUT2D eigenvalue weighted by Gasteiger charge is 2.25. The lowest BCUT2D eigenvalue weighted by Crippen LogP contribution is -2.41. The molecular formula is C13H21NO2. The van der Waals surface area contributed by atoms with Gasteiger partial charge in [-0.15, -0.1) is 0 Å². The summed E-state index contributed by atoms with van der Waals surface area (Å²) in [5.41, 5.74) is 0. The van der Waals surface area contributed by atoms with Gasteiger partial charge in [0, 0.05) is 24.8 Å². The van der Waals surface area contributed by atoms with E-state index in [4.69, 9.17) is 0 Å². The van der Waals surface area contributed by atoms with Gasteiger partial charge in [0.1, 0.15) is 5.78 Å². The monoisotopic (exact) mass is 223 g/mol. The molecule has 2 aliphatic rings. The number of carbonyl (C=O) groups excluding carboxylic acids is 2. The summed E-state index contributed by atoms with van der Waals surface area (Å²) in [5, 5.41) is 3.12. The van der Waals surface area contributed by atoms with Crippen molar-refractivity contribution in [3.63, 3.8) is 0 Å². The second kappa shape index (κ2) is 5.46. The van der Waals surface area contributed by atoms with Gasteiger partial charge in [-0.1, -0.05) is 19.3 Å². The minimum absolute atomic E-state index is 0.235. The van der Waals surface area contributed by atoms with E-state index < -0.39 is 0 Å². The number of amides is 1. The highest BCUT2D eigenvalue weighted by molar-refractivity contribution is 5.81. The van der Waals surface area contributed by atoms with Crippen molar-refractivity contribution >= 4 is 11.7 Å². The predicted octanol–water partition coefficient (Wildman–Crippen LogP) is 2.19. The smallest absolute Gasteiger partial charge is 0.223 e. The van der Waals surface area contributed by atoms with Crippen molar-refractivity contribution in [2.24, 2.45) is 5.92 Å². The van der Waals surface area contributed by atoms with Gasteiger partial charge < -0.3 is 5.32 Å². The van der Waals surface area contributed by atoms with E-state index in [2.05, 4.69) is 5.32 Å². The largest absolute Gasteiger partial charge is 0.353 e. The van der Waals surface area contributed by atoms with Crippen molar-refractivity contribution in [1.82, 2.24) is 5.32 Å². The molecule has 0 unspecified atom stereocenters. The van der Waals surface area contributed by atoms with Crippen molar-refractivity contribution < 1.29 is 9.59 Å². The Morgan fingerprint density at radius 3 is 2.25 bits per heavy atom. The lowest BCUT2D eigenvalue weighted by Gasteiger charge is -2.26. The van der Waals surface area contributed by atoms with Crippen molar-refractivity contribution in [3.05, 3.63) is 0 Å². The zero-order chi connectivity index (χ0) is 11.4. The van der Waals surface area contributed by atoms with Crippen LogP contribution in [0, 0.1) is 5.92 Å². The fourth-order valence-electron chi connectivity index (χ4n) is 2.77. The van der Waals surface area contributed by atoms with E-state index in [9.17, 15) is 9.59 Å². The highest BCUT2D eigenvalue weighted by Crippen LogP contribution is 2.24. The lowest BCUT2D eigenvalue weighted by atomic mass is 9.87. The third kappa shape index (κ3) is 3.06. The molecule has 0 aromatic carbocycles. The SMILES string of the molecule is O=C1CCC(NC(=O)C2CCCCC2)CC1. The van der Waals surface area contributed by atoms with Crippen LogP contribution in [0.4, 0.5) is 0 Å². The normalized spacial score (nSPS) is 24.4. The molecule has 0 aromatic heterocycles. The number of ketones is 1. The maximum absolute atomic E-state index is 12.0. The summed E-state index contributed by atoms with van der Waals surface area (Å²) in [6, 6.07) is 0.257. The number of carbonyl (C=O) groups is 2. The average Bonchev–Trinajstić information content (AvgIpc) is 2.33. The van der Waals surface area contributed by atoms with E-state index in [1.807, 2.05) is 0 Å². The fraction of sp³-hybridized carbons (Fsp3) is 0.846. The second-order valence-electron chi connectivity index (χ2n) is 5.16. The predicted molar refractivity (Wildman–Crippen MR) is 62.0 cm³/mol. The maximum Gasteiger partial charge on any atom is 0.223 e. The van der Waals surface area contributed by atoms with E-state index in [0.29, 0.717) is 18.6 Å². The molecular weight excluding hydrogens is 202 g/mol. The molecule has 0 aliphatic heterocycles. The molecule has 0 spiro atoms. The Labute approximate surface area is 97.0 Å². The van der Waals surface area contributed by atoms with Crippen molar-refractivity contribution in [1.29, 1.82) is 0 Å². The minimum atomic E-state index is 0.235. The summed E-state index contributed by atoms with van der Waals surface area (Å²) in [6.45, 7) is 0. The molecule has 0 bridgehead atoms. The summed E-state index contributed by atoms with van der Waals surface area (Å²) in [4.78, 5) is 23.0. The van der Waals surface area contributed by atoms with E-state index >= 15 is 0 Å². The van der Waals surface area contributed by atoms with Crippen LogP contribution in [-0.4, -0.2) is 17.7 Å². The van der Waals surface area contributed by atoms with E-state index in [-0.39, 0.29) is 17.9 Å². The number of Topliss-reactive ketones (excluding diaryl/α,β-unsaturated/α-hetero) is 1. The third-order valence-electron chi connectivity index (χ3n) is 3.87. The first-order chi connectivity index (χ1) is 7.75. The fourth-order valence-corrected chi connectivity index (χ4v) is 2.77. The van der Waals surface area contributed by atoms with Crippen LogP contribution < -0.4 is 5.32 Å². The summed E-state index contributed by atoms with van der Waals surface area (Å²) >= 11 is 0. The van der Waals surface area contributed by atoms with Gasteiger partial charge in [0.15, 0.2) is 0 Å². The number of hydrogen-bond acceptors (Lipinski definition) is 2. The Bertz CT molecular complexity index is 259. The first-order valence-corrected chi connectivity index (χ1v) is 6.58. The van der Waals surface area contributed by atoms with Crippen LogP contribution in [0.25, 0.3) is 0 Å². The van der Waals surface area contributed by atoms with Crippen LogP contribution in [0.15, 0.2) is 0 Å². The molecule has 3 nitrogen and oxygen atoms in total. The van der Waals surface area contributed by atoms with Gasteiger partial charge >= 0.3 is 0 Å². The molecule has 0 radical (unpaired) electrons. The molecule has 0 saturated heterocycles. The zero-order valence-electron chi connectivity index (χ0n) is 9.84. The molecule has 2 fully saturated rings. The molecule has 3 heteroatoms. The van der Waals surface area contributed by atoms with Crippen molar-refractivity contribution in [2.75, 3.05) is 0 Å².